The zero-order chi connectivity index (χ0) is 32.3. The highest BCUT2D eigenvalue weighted by atomic mass is 16.2. The van der Waals surface area contributed by atoms with Crippen LogP contribution in [0.5, 0.6) is 0 Å². The van der Waals surface area contributed by atoms with Crippen molar-refractivity contribution in [1.82, 2.24) is 10.6 Å². The van der Waals surface area contributed by atoms with Crippen molar-refractivity contribution in [3.63, 3.8) is 0 Å². The van der Waals surface area contributed by atoms with Crippen molar-refractivity contribution < 1.29 is 14.4 Å². The molecule has 0 fully saturated rings. The lowest BCUT2D eigenvalue weighted by Crippen LogP contribution is -2.56. The monoisotopic (exact) mass is 599 g/mol. The fourth-order valence-corrected chi connectivity index (χ4v) is 4.81. The second-order valence-electron chi connectivity index (χ2n) is 10.9. The van der Waals surface area contributed by atoms with Crippen molar-refractivity contribution in [2.75, 3.05) is 12.3 Å². The number of anilines is 1. The predicted molar refractivity (Wildman–Crippen MR) is 172 cm³/mol. The second kappa shape index (κ2) is 15.2. The van der Waals surface area contributed by atoms with E-state index in [1.54, 1.807) is 36.4 Å². The van der Waals surface area contributed by atoms with Gasteiger partial charge in [-0.15, -0.1) is 0 Å². The van der Waals surface area contributed by atoms with E-state index < -0.39 is 35.2 Å². The van der Waals surface area contributed by atoms with Gasteiger partial charge in [-0.25, -0.2) is 0 Å². The van der Waals surface area contributed by atoms with Gasteiger partial charge in [-0.05, 0) is 55.0 Å². The molecule has 3 rings (SSSR count). The summed E-state index contributed by atoms with van der Waals surface area (Å²) in [4.78, 5) is 44.0. The maximum absolute atomic E-state index is 14.2. The fourth-order valence-electron chi connectivity index (χ4n) is 4.81. The van der Waals surface area contributed by atoms with E-state index in [1.165, 1.54) is 0 Å². The van der Waals surface area contributed by atoms with Crippen molar-refractivity contribution in [3.05, 3.63) is 101 Å². The Labute approximate surface area is 257 Å². The minimum atomic E-state index is -1.10. The summed E-state index contributed by atoms with van der Waals surface area (Å²) in [5.41, 5.74) is 30.2. The van der Waals surface area contributed by atoms with Gasteiger partial charge in [0.2, 0.25) is 17.7 Å². The zero-order valence-corrected chi connectivity index (χ0v) is 24.8. The van der Waals surface area contributed by atoms with Gasteiger partial charge in [0.1, 0.15) is 17.9 Å². The Hall–Kier alpha value is -5.39. The van der Waals surface area contributed by atoms with Gasteiger partial charge < -0.3 is 39.3 Å². The van der Waals surface area contributed by atoms with Crippen LogP contribution in [0.2, 0.25) is 0 Å². The molecule has 12 nitrogen and oxygen atoms in total. The first-order valence-corrected chi connectivity index (χ1v) is 14.2. The number of nitrogens with two attached hydrogens (primary N) is 5. The number of amides is 3. The number of nitrogens with one attached hydrogen (secondary N) is 3. The van der Waals surface area contributed by atoms with E-state index in [1.807, 2.05) is 49.4 Å². The Morgan fingerprint density at radius 3 is 2.02 bits per heavy atom. The molecule has 3 aromatic carbocycles. The van der Waals surface area contributed by atoms with Gasteiger partial charge >= 0.3 is 0 Å². The predicted octanol–water partition coefficient (Wildman–Crippen LogP) is 0.804. The van der Waals surface area contributed by atoms with Gasteiger partial charge in [0, 0.05) is 24.2 Å². The number of hydrogen-bond donors (Lipinski definition) is 8. The van der Waals surface area contributed by atoms with Crippen LogP contribution in [0.1, 0.15) is 42.0 Å². The Bertz CT molecular complexity index is 1470. The molecule has 0 aliphatic rings. The molecule has 0 aliphatic heterocycles. The number of amidine groups is 1. The number of benzene rings is 3. The molecule has 0 saturated heterocycles. The number of nitrogens with zero attached hydrogens (tertiary/aromatic N) is 1. The van der Waals surface area contributed by atoms with Crippen LogP contribution in [0.15, 0.2) is 83.9 Å². The average Bonchev–Trinajstić information content (AvgIpc) is 2.99. The molecule has 0 spiro atoms. The van der Waals surface area contributed by atoms with Gasteiger partial charge in [-0.2, -0.15) is 0 Å². The van der Waals surface area contributed by atoms with Crippen LogP contribution in [0, 0.1) is 5.41 Å². The first-order chi connectivity index (χ1) is 20.9. The van der Waals surface area contributed by atoms with E-state index in [0.29, 0.717) is 24.1 Å². The molecular formula is C32H41N9O3. The molecule has 12 heteroatoms. The highest BCUT2D eigenvalue weighted by molar-refractivity contribution is 5.96. The molecule has 0 bridgehead atoms. The first kappa shape index (κ1) is 33.1. The topological polar surface area (TPSA) is 242 Å². The number of carbonyl (C=O) groups is 3. The van der Waals surface area contributed by atoms with Crippen LogP contribution in [0.3, 0.4) is 0 Å². The van der Waals surface area contributed by atoms with Crippen molar-refractivity contribution in [3.8, 4) is 0 Å². The zero-order valence-electron chi connectivity index (χ0n) is 24.8. The molecular weight excluding hydrogens is 558 g/mol. The number of rotatable bonds is 15. The minimum absolute atomic E-state index is 0.0536. The summed E-state index contributed by atoms with van der Waals surface area (Å²) >= 11 is 0. The molecule has 0 aliphatic carbocycles. The molecule has 13 N–H and O–H groups in total. The number of nitrogen functional groups attached to an aromatic ring is 2. The van der Waals surface area contributed by atoms with Crippen LogP contribution in [-0.2, 0) is 32.6 Å². The summed E-state index contributed by atoms with van der Waals surface area (Å²) < 4.78 is 0. The lowest BCUT2D eigenvalue weighted by Gasteiger charge is -2.32. The van der Waals surface area contributed by atoms with Crippen LogP contribution in [0.4, 0.5) is 5.69 Å². The number of carbonyl (C=O) groups excluding carboxylic acids is 3. The average molecular weight is 600 g/mol. The maximum atomic E-state index is 14.2. The van der Waals surface area contributed by atoms with Gasteiger partial charge in [0.05, 0.1) is 5.41 Å². The van der Waals surface area contributed by atoms with Gasteiger partial charge in [0.15, 0.2) is 5.96 Å². The minimum Gasteiger partial charge on any atom is -0.399 e. The normalized spacial score (nSPS) is 13.5. The molecule has 3 aromatic rings. The SMILES string of the molecule is C[C@](Cc1ccc(C(=N)N)cc1)(C(=O)N[C@@H](Cc1ccc(N)cc1)C(=O)N[C@@H](CCCN=C(N)N)C(N)=O)c1ccccc1. The van der Waals surface area contributed by atoms with Gasteiger partial charge in [-0.1, -0.05) is 66.7 Å². The van der Waals surface area contributed by atoms with E-state index in [2.05, 4.69) is 15.6 Å². The molecule has 44 heavy (non-hydrogen) atoms. The lowest BCUT2D eigenvalue weighted by atomic mass is 9.76. The molecule has 0 radical (unpaired) electrons. The molecule has 3 atom stereocenters. The van der Waals surface area contributed by atoms with E-state index in [0.717, 1.165) is 16.7 Å². The first-order valence-electron chi connectivity index (χ1n) is 14.2. The van der Waals surface area contributed by atoms with Crippen LogP contribution >= 0.6 is 0 Å². The Morgan fingerprint density at radius 2 is 1.45 bits per heavy atom. The summed E-state index contributed by atoms with van der Waals surface area (Å²) in [7, 11) is 0. The number of guanidine groups is 1. The van der Waals surface area contributed by atoms with Crippen LogP contribution in [-0.4, -0.2) is 48.1 Å². The number of primary amides is 1. The van der Waals surface area contributed by atoms with E-state index in [-0.39, 0.29) is 31.2 Å². The molecule has 0 heterocycles. The highest BCUT2D eigenvalue weighted by Crippen LogP contribution is 2.29. The van der Waals surface area contributed by atoms with Crippen molar-refractivity contribution >= 4 is 35.2 Å². The summed E-state index contributed by atoms with van der Waals surface area (Å²) in [5.74, 6) is -1.81. The Balaban J connectivity index is 1.91. The van der Waals surface area contributed by atoms with Crippen LogP contribution < -0.4 is 39.3 Å². The van der Waals surface area contributed by atoms with Crippen molar-refractivity contribution in [1.29, 1.82) is 5.41 Å². The number of hydrogen-bond acceptors (Lipinski definition) is 6. The largest absolute Gasteiger partial charge is 0.399 e. The molecule has 232 valence electrons. The summed E-state index contributed by atoms with van der Waals surface area (Å²) in [6, 6.07) is 21.3. The third-order valence-electron chi connectivity index (χ3n) is 7.38. The molecule has 0 saturated carbocycles. The van der Waals surface area contributed by atoms with Gasteiger partial charge in [0.25, 0.3) is 0 Å². The van der Waals surface area contributed by atoms with Crippen LogP contribution in [0.25, 0.3) is 0 Å². The Morgan fingerprint density at radius 1 is 0.841 bits per heavy atom. The third kappa shape index (κ3) is 9.31. The summed E-state index contributed by atoms with van der Waals surface area (Å²) in [6.45, 7) is 2.07. The standard InChI is InChI=1S/C32H41N9O3/c1-32(23-6-3-2-4-7-23,19-21-9-13-22(14-10-21)27(34)35)30(44)41-26(18-20-11-15-24(33)16-12-20)29(43)40-25(28(36)42)8-5-17-39-31(37)38/h2-4,6-7,9-16,25-26H,5,8,17-19,33H2,1H3,(H3,34,35)(H2,36,42)(H,40,43)(H,41,44)(H4,37,38,39)/t25-,26-,32+/m0/s1. The molecule has 0 aromatic heterocycles. The molecule has 3 amide bonds. The highest BCUT2D eigenvalue weighted by Gasteiger charge is 2.38. The second-order valence-corrected chi connectivity index (χ2v) is 10.9. The fraction of sp³-hybridized carbons (Fsp3) is 0.281. The van der Waals surface area contributed by atoms with Crippen molar-refractivity contribution in [2.24, 2.45) is 27.9 Å². The maximum Gasteiger partial charge on any atom is 0.243 e. The van der Waals surface area contributed by atoms with Crippen molar-refractivity contribution in [2.45, 2.75) is 50.1 Å². The quantitative estimate of drug-likeness (QED) is 0.0540. The van der Waals surface area contributed by atoms with E-state index in [9.17, 15) is 14.4 Å². The summed E-state index contributed by atoms with van der Waals surface area (Å²) in [5, 5.41) is 13.3. The third-order valence-corrected chi connectivity index (χ3v) is 7.38. The molecule has 0 unspecified atom stereocenters. The lowest BCUT2D eigenvalue weighted by molar-refractivity contribution is -0.133. The van der Waals surface area contributed by atoms with Gasteiger partial charge in [-0.3, -0.25) is 24.8 Å². The summed E-state index contributed by atoms with van der Waals surface area (Å²) in [6.07, 6.45) is 1.04. The van der Waals surface area contributed by atoms with E-state index in [4.69, 9.17) is 34.1 Å². The Kier molecular flexibility index (Phi) is 11.4. The van der Waals surface area contributed by atoms with E-state index >= 15 is 0 Å². The smallest absolute Gasteiger partial charge is 0.243 e. The number of aliphatic imine (C=N–C) groups is 1.